The van der Waals surface area contributed by atoms with Crippen molar-refractivity contribution in [3.8, 4) is 17.6 Å². The van der Waals surface area contributed by atoms with Crippen LogP contribution in [-0.2, 0) is 0 Å². The second kappa shape index (κ2) is 7.25. The maximum atomic E-state index is 13.2. The zero-order valence-corrected chi connectivity index (χ0v) is 10.6. The van der Waals surface area contributed by atoms with Crippen molar-refractivity contribution in [2.24, 2.45) is 0 Å². The van der Waals surface area contributed by atoms with E-state index in [4.69, 9.17) is 16.3 Å². The standard InChI is InChI=1S/C13H11ClF4O/c14-5-2-1-3-10-7-11(15)9-12(8-10)19-6-4-13(16,17)18/h7-9H,2,4-6H2. The highest BCUT2D eigenvalue weighted by Crippen LogP contribution is 2.21. The highest BCUT2D eigenvalue weighted by molar-refractivity contribution is 6.18. The lowest BCUT2D eigenvalue weighted by Gasteiger charge is -2.09. The Kier molecular flexibility index (Phi) is 5.97. The SMILES string of the molecule is Fc1cc(C#CCCCl)cc(OCCC(F)(F)F)c1. The smallest absolute Gasteiger partial charge is 0.392 e. The lowest BCUT2D eigenvalue weighted by molar-refractivity contribution is -0.139. The van der Waals surface area contributed by atoms with Crippen molar-refractivity contribution in [2.45, 2.75) is 19.0 Å². The number of hydrogen-bond acceptors (Lipinski definition) is 1. The Hall–Kier alpha value is -1.41. The zero-order chi connectivity index (χ0) is 14.3. The van der Waals surface area contributed by atoms with Gasteiger partial charge in [0.1, 0.15) is 11.6 Å². The summed E-state index contributed by atoms with van der Waals surface area (Å²) in [5.74, 6) is 5.13. The summed E-state index contributed by atoms with van der Waals surface area (Å²) < 4.78 is 53.9. The van der Waals surface area contributed by atoms with E-state index in [2.05, 4.69) is 11.8 Å². The van der Waals surface area contributed by atoms with Crippen LogP contribution in [-0.4, -0.2) is 18.7 Å². The zero-order valence-electron chi connectivity index (χ0n) is 9.86. The number of alkyl halides is 4. The maximum Gasteiger partial charge on any atom is 0.392 e. The van der Waals surface area contributed by atoms with Gasteiger partial charge in [-0.3, -0.25) is 0 Å². The van der Waals surface area contributed by atoms with E-state index in [-0.39, 0.29) is 5.75 Å². The van der Waals surface area contributed by atoms with Crippen molar-refractivity contribution in [2.75, 3.05) is 12.5 Å². The minimum Gasteiger partial charge on any atom is -0.493 e. The largest absolute Gasteiger partial charge is 0.493 e. The van der Waals surface area contributed by atoms with Crippen LogP contribution in [0.4, 0.5) is 17.6 Å². The average molecular weight is 295 g/mol. The van der Waals surface area contributed by atoms with E-state index < -0.39 is 25.0 Å². The molecule has 1 aromatic rings. The van der Waals surface area contributed by atoms with Gasteiger partial charge in [0.15, 0.2) is 0 Å². The summed E-state index contributed by atoms with van der Waals surface area (Å²) in [4.78, 5) is 0. The predicted octanol–water partition coefficient (Wildman–Crippen LogP) is 4.14. The van der Waals surface area contributed by atoms with E-state index >= 15 is 0 Å². The molecule has 0 fully saturated rings. The third-order valence-electron chi connectivity index (χ3n) is 1.98. The number of halogens is 5. The molecule has 0 aliphatic heterocycles. The molecule has 104 valence electrons. The Balaban J connectivity index is 2.67. The molecule has 6 heteroatoms. The Labute approximate surface area is 113 Å². The van der Waals surface area contributed by atoms with E-state index in [0.29, 0.717) is 17.9 Å². The molecule has 0 radical (unpaired) electrons. The van der Waals surface area contributed by atoms with Crippen LogP contribution >= 0.6 is 11.6 Å². The molecule has 0 atom stereocenters. The van der Waals surface area contributed by atoms with Gasteiger partial charge in [-0.1, -0.05) is 11.8 Å². The molecule has 19 heavy (non-hydrogen) atoms. The van der Waals surface area contributed by atoms with Crippen molar-refractivity contribution in [3.63, 3.8) is 0 Å². The Morgan fingerprint density at radius 3 is 2.58 bits per heavy atom. The first-order valence-corrected chi connectivity index (χ1v) is 5.99. The molecule has 0 saturated heterocycles. The molecule has 0 aromatic heterocycles. The molecule has 1 rings (SSSR count). The van der Waals surface area contributed by atoms with Gasteiger partial charge < -0.3 is 4.74 Å². The topological polar surface area (TPSA) is 9.23 Å². The van der Waals surface area contributed by atoms with Crippen LogP contribution in [0.15, 0.2) is 18.2 Å². The van der Waals surface area contributed by atoms with Gasteiger partial charge in [0.2, 0.25) is 0 Å². The summed E-state index contributed by atoms with van der Waals surface area (Å²) in [6, 6.07) is 3.58. The maximum absolute atomic E-state index is 13.2. The molecule has 0 aliphatic rings. The Bertz CT molecular complexity index is 474. The molecule has 0 unspecified atom stereocenters. The number of benzene rings is 1. The molecule has 0 saturated carbocycles. The summed E-state index contributed by atoms with van der Waals surface area (Å²) in [7, 11) is 0. The Morgan fingerprint density at radius 2 is 1.95 bits per heavy atom. The molecular weight excluding hydrogens is 284 g/mol. The molecular formula is C13H11ClF4O. The van der Waals surface area contributed by atoms with Gasteiger partial charge in [-0.2, -0.15) is 13.2 Å². The average Bonchev–Trinajstić information content (AvgIpc) is 2.27. The summed E-state index contributed by atoms with van der Waals surface area (Å²) in [5.41, 5.74) is 0.340. The highest BCUT2D eigenvalue weighted by atomic mass is 35.5. The summed E-state index contributed by atoms with van der Waals surface area (Å²) in [6.45, 7) is -0.554. The molecule has 0 N–H and O–H groups in total. The Morgan fingerprint density at radius 1 is 1.21 bits per heavy atom. The van der Waals surface area contributed by atoms with Crippen molar-refractivity contribution in [1.29, 1.82) is 0 Å². The van der Waals surface area contributed by atoms with E-state index in [1.165, 1.54) is 12.1 Å². The van der Waals surface area contributed by atoms with E-state index in [1.807, 2.05) is 0 Å². The molecule has 0 heterocycles. The quantitative estimate of drug-likeness (QED) is 0.461. The van der Waals surface area contributed by atoms with E-state index in [9.17, 15) is 17.6 Å². The molecule has 1 nitrogen and oxygen atoms in total. The predicted molar refractivity (Wildman–Crippen MR) is 64.8 cm³/mol. The fourth-order valence-corrected chi connectivity index (χ4v) is 1.31. The van der Waals surface area contributed by atoms with Gasteiger partial charge in [0.25, 0.3) is 0 Å². The van der Waals surface area contributed by atoms with Gasteiger partial charge >= 0.3 is 6.18 Å². The number of hydrogen-bond donors (Lipinski definition) is 0. The van der Waals surface area contributed by atoms with Crippen LogP contribution < -0.4 is 4.74 Å². The van der Waals surface area contributed by atoms with Gasteiger partial charge in [0.05, 0.1) is 13.0 Å². The number of rotatable bonds is 4. The first-order chi connectivity index (χ1) is 8.90. The van der Waals surface area contributed by atoms with Crippen LogP contribution in [0.5, 0.6) is 5.75 Å². The van der Waals surface area contributed by atoms with Crippen molar-refractivity contribution >= 4 is 11.6 Å². The normalized spacial score (nSPS) is 10.8. The van der Waals surface area contributed by atoms with Crippen molar-refractivity contribution in [3.05, 3.63) is 29.6 Å². The molecule has 0 bridgehead atoms. The van der Waals surface area contributed by atoms with Gasteiger partial charge in [-0.15, -0.1) is 11.6 Å². The summed E-state index contributed by atoms with van der Waals surface area (Å²) in [5, 5.41) is 0. The van der Waals surface area contributed by atoms with Gasteiger partial charge in [-0.05, 0) is 12.1 Å². The van der Waals surface area contributed by atoms with Crippen LogP contribution in [0, 0.1) is 17.7 Å². The second-order valence-electron chi connectivity index (χ2n) is 3.63. The number of ether oxygens (including phenoxy) is 1. The fraction of sp³-hybridized carbons (Fsp3) is 0.385. The van der Waals surface area contributed by atoms with Crippen molar-refractivity contribution < 1.29 is 22.3 Å². The van der Waals surface area contributed by atoms with Crippen LogP contribution in [0.2, 0.25) is 0 Å². The highest BCUT2D eigenvalue weighted by Gasteiger charge is 2.26. The van der Waals surface area contributed by atoms with Gasteiger partial charge in [-0.25, -0.2) is 4.39 Å². The van der Waals surface area contributed by atoms with E-state index in [0.717, 1.165) is 6.07 Å². The van der Waals surface area contributed by atoms with Gasteiger partial charge in [0, 0.05) is 23.9 Å². The lowest BCUT2D eigenvalue weighted by Crippen LogP contribution is -2.13. The fourth-order valence-electron chi connectivity index (χ4n) is 1.21. The first-order valence-electron chi connectivity index (χ1n) is 5.46. The van der Waals surface area contributed by atoms with E-state index in [1.54, 1.807) is 0 Å². The second-order valence-corrected chi connectivity index (χ2v) is 4.01. The first kappa shape index (κ1) is 15.6. The molecule has 0 aliphatic carbocycles. The van der Waals surface area contributed by atoms with Crippen LogP contribution in [0.3, 0.4) is 0 Å². The molecule has 1 aromatic carbocycles. The van der Waals surface area contributed by atoms with Crippen LogP contribution in [0.25, 0.3) is 0 Å². The molecule has 0 amide bonds. The monoisotopic (exact) mass is 294 g/mol. The lowest BCUT2D eigenvalue weighted by atomic mass is 10.2. The minimum absolute atomic E-state index is 0.0272. The third kappa shape index (κ3) is 6.92. The summed E-state index contributed by atoms with van der Waals surface area (Å²) >= 11 is 5.43. The van der Waals surface area contributed by atoms with Crippen molar-refractivity contribution in [1.82, 2.24) is 0 Å². The minimum atomic E-state index is -4.30. The van der Waals surface area contributed by atoms with Crippen LogP contribution in [0.1, 0.15) is 18.4 Å². The summed E-state index contributed by atoms with van der Waals surface area (Å²) in [6.07, 6.45) is -4.94. The third-order valence-corrected chi connectivity index (χ3v) is 2.17. The molecule has 0 spiro atoms.